The molecule has 1 amide bonds. The van der Waals surface area contributed by atoms with Crippen LogP contribution in [0.4, 0.5) is 27.8 Å². The molecule has 2 aliphatic rings. The van der Waals surface area contributed by atoms with Crippen molar-refractivity contribution in [3.8, 4) is 5.75 Å². The first-order valence-electron chi connectivity index (χ1n) is 10.7. The Morgan fingerprint density at radius 1 is 1.17 bits per heavy atom. The van der Waals surface area contributed by atoms with Crippen molar-refractivity contribution in [3.63, 3.8) is 0 Å². The Labute approximate surface area is 193 Å². The zero-order valence-electron chi connectivity index (χ0n) is 17.8. The van der Waals surface area contributed by atoms with Crippen LogP contribution in [0.1, 0.15) is 33.9 Å². The van der Waals surface area contributed by atoms with Gasteiger partial charge in [0.1, 0.15) is 35.2 Å². The molecule has 7 nitrogen and oxygen atoms in total. The van der Waals surface area contributed by atoms with Gasteiger partial charge in [0.25, 0.3) is 5.91 Å². The van der Waals surface area contributed by atoms with E-state index >= 15 is 4.39 Å². The van der Waals surface area contributed by atoms with E-state index in [0.717, 1.165) is 23.1 Å². The fourth-order valence-electron chi connectivity index (χ4n) is 4.91. The lowest BCUT2D eigenvalue weighted by molar-refractivity contribution is -0.137. The lowest BCUT2D eigenvalue weighted by Crippen LogP contribution is -2.49. The van der Waals surface area contributed by atoms with E-state index in [1.165, 1.54) is 24.7 Å². The smallest absolute Gasteiger partial charge is 0.416 e. The van der Waals surface area contributed by atoms with E-state index in [1.807, 2.05) is 0 Å². The highest BCUT2D eigenvalue weighted by Crippen LogP contribution is 2.47. The number of hydrogen-bond donors (Lipinski definition) is 1. The molecule has 4 heterocycles. The van der Waals surface area contributed by atoms with Gasteiger partial charge in [0.2, 0.25) is 0 Å². The quantitative estimate of drug-likeness (QED) is 0.403. The number of hydrogen-bond acceptors (Lipinski definition) is 5. The molecule has 0 saturated carbocycles. The second-order valence-electron chi connectivity index (χ2n) is 8.61. The number of carbonyl (C=O) groups is 1. The molecular weight excluding hydrogens is 473 g/mol. The van der Waals surface area contributed by atoms with Crippen molar-refractivity contribution in [2.24, 2.45) is 0 Å². The summed E-state index contributed by atoms with van der Waals surface area (Å²) < 4.78 is 76.4. The van der Waals surface area contributed by atoms with Crippen LogP contribution in [0.5, 0.6) is 5.75 Å². The highest BCUT2D eigenvalue weighted by Gasteiger charge is 2.47. The summed E-state index contributed by atoms with van der Waals surface area (Å²) in [7, 11) is 0. The summed E-state index contributed by atoms with van der Waals surface area (Å²) in [5, 5.41) is 0. The van der Waals surface area contributed by atoms with Gasteiger partial charge in [-0.05, 0) is 18.2 Å². The van der Waals surface area contributed by atoms with Crippen molar-refractivity contribution in [1.29, 1.82) is 0 Å². The Morgan fingerprint density at radius 2 is 1.97 bits per heavy atom. The highest BCUT2D eigenvalue weighted by atomic mass is 19.4. The normalized spacial score (nSPS) is 21.7. The number of benzene rings is 2. The third-order valence-corrected chi connectivity index (χ3v) is 6.47. The number of ether oxygens (including phenoxy) is 1. The number of fused-ring (bicyclic) bond motifs is 6. The van der Waals surface area contributed by atoms with Crippen LogP contribution in [0, 0.1) is 5.82 Å². The van der Waals surface area contributed by atoms with Gasteiger partial charge in [0.15, 0.2) is 0 Å². The van der Waals surface area contributed by atoms with Gasteiger partial charge in [-0.1, -0.05) is 6.07 Å². The second kappa shape index (κ2) is 7.27. The van der Waals surface area contributed by atoms with Gasteiger partial charge in [0, 0.05) is 18.1 Å². The van der Waals surface area contributed by atoms with Crippen molar-refractivity contribution in [2.45, 2.75) is 30.9 Å². The number of anilines is 1. The van der Waals surface area contributed by atoms with Gasteiger partial charge in [-0.25, -0.2) is 18.7 Å². The summed E-state index contributed by atoms with van der Waals surface area (Å²) in [6, 6.07) is 4.43. The molecule has 0 radical (unpaired) electrons. The van der Waals surface area contributed by atoms with Crippen LogP contribution in [-0.2, 0) is 6.18 Å². The predicted molar refractivity (Wildman–Crippen MR) is 114 cm³/mol. The average molecular weight is 489 g/mol. The molecule has 3 atom stereocenters. The number of nitrogens with zero attached hydrogens (tertiary/aromatic N) is 4. The monoisotopic (exact) mass is 489 g/mol. The molecular formula is C23H16F5N5O2. The lowest BCUT2D eigenvalue weighted by atomic mass is 9.92. The van der Waals surface area contributed by atoms with Gasteiger partial charge in [-0.2, -0.15) is 13.2 Å². The zero-order valence-corrected chi connectivity index (χ0v) is 17.8. The summed E-state index contributed by atoms with van der Waals surface area (Å²) >= 11 is 0. The molecule has 180 valence electrons. The molecule has 0 bridgehead atoms. The number of nitrogens with two attached hydrogens (primary N) is 1. The summed E-state index contributed by atoms with van der Waals surface area (Å²) in [4.78, 5) is 22.8. The molecule has 2 aromatic carbocycles. The van der Waals surface area contributed by atoms with E-state index in [0.29, 0.717) is 16.6 Å². The first-order valence-corrected chi connectivity index (χ1v) is 10.7. The maximum Gasteiger partial charge on any atom is 0.416 e. The highest BCUT2D eigenvalue weighted by molar-refractivity contribution is 5.99. The molecule has 1 fully saturated rings. The molecule has 12 heteroatoms. The van der Waals surface area contributed by atoms with Crippen LogP contribution in [0.15, 0.2) is 42.9 Å². The Bertz CT molecular complexity index is 1520. The third-order valence-electron chi connectivity index (χ3n) is 6.47. The van der Waals surface area contributed by atoms with Gasteiger partial charge in [0.05, 0.1) is 47.3 Å². The second-order valence-corrected chi connectivity index (χ2v) is 8.61. The third kappa shape index (κ3) is 3.27. The summed E-state index contributed by atoms with van der Waals surface area (Å²) in [5.74, 6) is -1.65. The maximum atomic E-state index is 15.1. The van der Waals surface area contributed by atoms with E-state index in [4.69, 9.17) is 10.5 Å². The van der Waals surface area contributed by atoms with Gasteiger partial charge in [-0.15, -0.1) is 0 Å². The van der Waals surface area contributed by atoms with Crippen molar-refractivity contribution >= 4 is 28.3 Å². The molecule has 2 aliphatic heterocycles. The number of amides is 1. The first-order chi connectivity index (χ1) is 16.6. The molecule has 2 N–H and O–H groups in total. The van der Waals surface area contributed by atoms with Gasteiger partial charge in [-0.3, -0.25) is 9.20 Å². The Kier molecular flexibility index (Phi) is 4.48. The summed E-state index contributed by atoms with van der Waals surface area (Å²) in [5.41, 5.74) is 5.96. The minimum Gasteiger partial charge on any atom is -0.487 e. The largest absolute Gasteiger partial charge is 0.487 e. The van der Waals surface area contributed by atoms with Crippen molar-refractivity contribution in [3.05, 3.63) is 65.4 Å². The molecule has 0 unspecified atom stereocenters. The summed E-state index contributed by atoms with van der Waals surface area (Å²) in [6.45, 7) is -0.359. The predicted octanol–water partition coefficient (Wildman–Crippen LogP) is 4.31. The Balaban J connectivity index is 1.44. The first kappa shape index (κ1) is 21.6. The zero-order chi connectivity index (χ0) is 24.6. The molecule has 0 spiro atoms. The van der Waals surface area contributed by atoms with Crippen LogP contribution in [0.3, 0.4) is 0 Å². The average Bonchev–Trinajstić information content (AvgIpc) is 3.42. The van der Waals surface area contributed by atoms with E-state index in [2.05, 4.69) is 9.97 Å². The number of alkyl halides is 4. The number of likely N-dealkylation sites (tertiary alicyclic amines) is 1. The fourth-order valence-corrected chi connectivity index (χ4v) is 4.91. The Morgan fingerprint density at radius 3 is 2.74 bits per heavy atom. The van der Waals surface area contributed by atoms with Crippen LogP contribution in [0.25, 0.3) is 16.6 Å². The number of carbonyl (C=O) groups excluding carboxylic acids is 1. The molecule has 0 aliphatic carbocycles. The minimum atomic E-state index is -4.59. The number of aromatic nitrogens is 3. The summed E-state index contributed by atoms with van der Waals surface area (Å²) in [6.07, 6.45) is -4.18. The maximum absolute atomic E-state index is 15.1. The van der Waals surface area contributed by atoms with E-state index in [-0.39, 0.29) is 35.6 Å². The van der Waals surface area contributed by atoms with E-state index < -0.39 is 41.8 Å². The van der Waals surface area contributed by atoms with Crippen LogP contribution in [-0.4, -0.2) is 44.0 Å². The number of imidazole rings is 1. The van der Waals surface area contributed by atoms with Crippen molar-refractivity contribution in [1.82, 2.24) is 19.3 Å². The molecule has 6 rings (SSSR count). The number of rotatable bonds is 1. The van der Waals surface area contributed by atoms with E-state index in [9.17, 15) is 22.4 Å². The lowest BCUT2D eigenvalue weighted by Gasteiger charge is -2.38. The SMILES string of the molecule is Nc1nc2cc(F)c(C(=O)N3C[C@@H](F)C[C@@H]4Oc5cc(C(F)(F)F)ccc5[C@@H]43)cc2n2cncc12. The van der Waals surface area contributed by atoms with Crippen LogP contribution < -0.4 is 10.5 Å². The van der Waals surface area contributed by atoms with E-state index in [1.54, 1.807) is 4.40 Å². The number of nitrogen functional groups attached to an aromatic ring is 1. The number of halogens is 5. The van der Waals surface area contributed by atoms with Crippen molar-refractivity contribution < 1.29 is 31.5 Å². The molecule has 2 aromatic heterocycles. The molecule has 1 saturated heterocycles. The van der Waals surface area contributed by atoms with Crippen LogP contribution >= 0.6 is 0 Å². The van der Waals surface area contributed by atoms with Crippen LogP contribution in [0.2, 0.25) is 0 Å². The Hall–Kier alpha value is -3.96. The topological polar surface area (TPSA) is 85.8 Å². The van der Waals surface area contributed by atoms with Crippen molar-refractivity contribution in [2.75, 3.05) is 12.3 Å². The minimum absolute atomic E-state index is 0.0690. The number of piperidine rings is 1. The molecule has 4 aromatic rings. The standard InChI is InChI=1S/C23H16F5N5O2/c24-11-4-19-20(12-2-1-10(23(26,27)28)3-18(12)35-19)32(8-11)22(34)13-5-16-15(6-14(13)25)31-21(29)17-7-30-9-33(16)17/h1-3,5-7,9,11,19-20H,4,8H2,(H2,29,31)/t11-,19-,20-/m0/s1. The fraction of sp³-hybridized carbons (Fsp3) is 0.261. The molecule has 35 heavy (non-hydrogen) atoms. The van der Waals surface area contributed by atoms with Gasteiger partial charge >= 0.3 is 6.18 Å². The van der Waals surface area contributed by atoms with Gasteiger partial charge < -0.3 is 15.4 Å².